The number of nitrogens with zero attached hydrogens (tertiary/aromatic N) is 3. The van der Waals surface area contributed by atoms with Crippen molar-refractivity contribution in [1.29, 1.82) is 5.26 Å². The minimum atomic E-state index is -0.823. The van der Waals surface area contributed by atoms with E-state index in [9.17, 15) is 9.65 Å². The maximum atomic E-state index is 16.7. The minimum absolute atomic E-state index is 0.184. The van der Waals surface area contributed by atoms with Crippen molar-refractivity contribution >= 4 is 28.1 Å². The lowest BCUT2D eigenvalue weighted by atomic mass is 9.79. The van der Waals surface area contributed by atoms with E-state index in [1.807, 2.05) is 13.1 Å². The summed E-state index contributed by atoms with van der Waals surface area (Å²) in [6.45, 7) is 8.21. The lowest BCUT2D eigenvalue weighted by Crippen LogP contribution is -2.46. The smallest absolute Gasteiger partial charge is 0.199 e. The molecule has 0 amide bonds. The van der Waals surface area contributed by atoms with E-state index in [4.69, 9.17) is 20.6 Å². The maximum Gasteiger partial charge on any atom is 0.199 e. The Morgan fingerprint density at radius 1 is 1.21 bits per heavy atom. The summed E-state index contributed by atoms with van der Waals surface area (Å²) in [6, 6.07) is 0.883. The lowest BCUT2D eigenvalue weighted by molar-refractivity contribution is 0.205. The third kappa shape index (κ3) is 5.36. The molecule has 1 fully saturated rings. The van der Waals surface area contributed by atoms with Crippen molar-refractivity contribution in [3.63, 3.8) is 0 Å². The van der Waals surface area contributed by atoms with Crippen molar-refractivity contribution in [3.8, 4) is 6.07 Å². The van der Waals surface area contributed by atoms with Crippen molar-refractivity contribution in [1.82, 2.24) is 15.5 Å². The van der Waals surface area contributed by atoms with Crippen molar-refractivity contribution in [3.05, 3.63) is 56.5 Å². The van der Waals surface area contributed by atoms with Gasteiger partial charge in [0, 0.05) is 48.3 Å². The number of ether oxygens (including phenoxy) is 1. The molecular formula is C31H40F2N6O2S. The van der Waals surface area contributed by atoms with E-state index in [1.165, 1.54) is 19.0 Å². The predicted octanol–water partition coefficient (Wildman–Crippen LogP) is 5.57. The van der Waals surface area contributed by atoms with Gasteiger partial charge in [-0.25, -0.2) is 13.8 Å². The van der Waals surface area contributed by atoms with Gasteiger partial charge >= 0.3 is 0 Å². The number of hydrogen-bond donors (Lipinski definition) is 4. The summed E-state index contributed by atoms with van der Waals surface area (Å²) in [4.78, 5) is 7.51. The number of thiophene rings is 1. The zero-order valence-corrected chi connectivity index (χ0v) is 25.3. The van der Waals surface area contributed by atoms with Gasteiger partial charge < -0.3 is 31.1 Å². The number of likely N-dealkylation sites (tertiary alicyclic amines) is 1. The van der Waals surface area contributed by atoms with Crippen LogP contribution in [-0.2, 0) is 4.74 Å². The zero-order valence-electron chi connectivity index (χ0n) is 24.5. The molecule has 226 valence electrons. The third-order valence-corrected chi connectivity index (χ3v) is 9.71. The average molecular weight is 599 g/mol. The summed E-state index contributed by atoms with van der Waals surface area (Å²) >= 11 is 1.02. The molecule has 6 rings (SSSR count). The second-order valence-electron chi connectivity index (χ2n) is 11.3. The highest BCUT2D eigenvalue weighted by Gasteiger charge is 2.44. The highest BCUT2D eigenvalue weighted by molar-refractivity contribution is 7.17. The number of nitrogen functional groups attached to an aromatic ring is 1. The number of anilines is 1. The van der Waals surface area contributed by atoms with E-state index in [-0.39, 0.29) is 22.0 Å². The van der Waals surface area contributed by atoms with Gasteiger partial charge in [-0.2, -0.15) is 5.26 Å². The standard InChI is InChI=1S/C28H32F2N6OS.C3H8O/c1-3-4-5-6-20-14(2)7-8-36(20)28-34-10-16-17-12-37-13-18(17)21(23(30)24(16)35-28)25-22-15(9-31)27(32)38-26(22)19(29)11-33-25;1-2-3-4/h10-11,14,20,24-25,33H,3-8,12-13,32H2,1-2H3,(H,34,35);4H,2-3H2,1H3. The molecule has 5 aliphatic rings. The number of rotatable bonds is 6. The number of nitrogens with two attached hydrogens (primary N) is 1. The zero-order chi connectivity index (χ0) is 30.0. The Morgan fingerprint density at radius 3 is 2.69 bits per heavy atom. The van der Waals surface area contributed by atoms with Gasteiger partial charge in [0.05, 0.1) is 29.7 Å². The first-order valence-electron chi connectivity index (χ1n) is 14.9. The molecule has 4 aliphatic heterocycles. The molecule has 1 aromatic heterocycles. The van der Waals surface area contributed by atoms with Crippen LogP contribution in [0.3, 0.4) is 0 Å². The molecule has 0 saturated carbocycles. The number of halogens is 2. The fourth-order valence-electron chi connectivity index (χ4n) is 6.46. The summed E-state index contributed by atoms with van der Waals surface area (Å²) in [5.41, 5.74) is 9.40. The monoisotopic (exact) mass is 598 g/mol. The number of aliphatic imine (C=N–C) groups is 1. The predicted molar refractivity (Wildman–Crippen MR) is 163 cm³/mol. The van der Waals surface area contributed by atoms with Crippen molar-refractivity contribution in [2.24, 2.45) is 10.9 Å². The number of guanidine groups is 1. The van der Waals surface area contributed by atoms with Crippen LogP contribution >= 0.6 is 11.3 Å². The Labute approximate surface area is 250 Å². The number of nitrogens with one attached hydrogen (secondary N) is 2. The largest absolute Gasteiger partial charge is 0.396 e. The average Bonchev–Trinajstić information content (AvgIpc) is 3.71. The third-order valence-electron chi connectivity index (χ3n) is 8.67. The molecule has 5 N–H and O–H groups in total. The van der Waals surface area contributed by atoms with Crippen LogP contribution in [0.1, 0.15) is 81.3 Å². The van der Waals surface area contributed by atoms with Crippen LogP contribution in [0.4, 0.5) is 13.8 Å². The van der Waals surface area contributed by atoms with Crippen LogP contribution in [0.25, 0.3) is 5.83 Å². The highest BCUT2D eigenvalue weighted by Crippen LogP contribution is 2.50. The Kier molecular flexibility index (Phi) is 9.35. The van der Waals surface area contributed by atoms with Gasteiger partial charge in [-0.1, -0.05) is 40.0 Å². The number of fused-ring (bicyclic) bond motifs is 3. The van der Waals surface area contributed by atoms with Gasteiger partial charge in [-0.15, -0.1) is 11.3 Å². The van der Waals surface area contributed by atoms with E-state index >= 15 is 4.39 Å². The van der Waals surface area contributed by atoms with Crippen molar-refractivity contribution in [2.75, 3.05) is 32.1 Å². The fourth-order valence-corrected chi connectivity index (χ4v) is 7.43. The summed E-state index contributed by atoms with van der Waals surface area (Å²) in [5, 5.41) is 24.3. The van der Waals surface area contributed by atoms with E-state index in [0.29, 0.717) is 42.3 Å². The molecule has 1 aliphatic carbocycles. The molecule has 4 atom stereocenters. The molecule has 0 radical (unpaired) electrons. The molecule has 8 nitrogen and oxygen atoms in total. The first-order chi connectivity index (χ1) is 20.4. The molecule has 1 saturated heterocycles. The molecule has 42 heavy (non-hydrogen) atoms. The molecule has 0 aromatic carbocycles. The number of hydrogen-bond acceptors (Lipinski definition) is 9. The first kappa shape index (κ1) is 30.3. The minimum Gasteiger partial charge on any atom is -0.396 e. The molecule has 11 heteroatoms. The summed E-state index contributed by atoms with van der Waals surface area (Å²) in [5.74, 6) is 0.328. The second-order valence-corrected chi connectivity index (χ2v) is 12.4. The SMILES string of the molecule is CCCCCC1C(C)CCN1C1=NC2C(=CN1)C1=C(COC1)C(C1NC=C(F)c3sc(N)c(C#N)c31)=C2F.CCCO. The van der Waals surface area contributed by atoms with Crippen LogP contribution in [0.5, 0.6) is 0 Å². The van der Waals surface area contributed by atoms with Crippen LogP contribution in [0, 0.1) is 17.2 Å². The van der Waals surface area contributed by atoms with Gasteiger partial charge in [-0.3, -0.25) is 0 Å². The Bertz CT molecular complexity index is 1400. The van der Waals surface area contributed by atoms with Gasteiger partial charge in [0.25, 0.3) is 0 Å². The van der Waals surface area contributed by atoms with Gasteiger partial charge in [-0.05, 0) is 36.3 Å². The normalized spacial score (nSPS) is 26.1. The van der Waals surface area contributed by atoms with Gasteiger partial charge in [0.1, 0.15) is 22.9 Å². The highest BCUT2D eigenvalue weighted by atomic mass is 32.1. The number of unbranched alkanes of at least 4 members (excludes halogenated alkanes) is 2. The summed E-state index contributed by atoms with van der Waals surface area (Å²) in [7, 11) is 0. The lowest BCUT2D eigenvalue weighted by Gasteiger charge is -2.36. The second kappa shape index (κ2) is 13.0. The molecule has 1 aromatic rings. The Hall–Kier alpha value is -3.20. The van der Waals surface area contributed by atoms with Crippen molar-refractivity contribution in [2.45, 2.75) is 77.4 Å². The van der Waals surface area contributed by atoms with E-state index in [2.05, 4.69) is 35.5 Å². The van der Waals surface area contributed by atoms with Gasteiger partial charge in [0.2, 0.25) is 0 Å². The van der Waals surface area contributed by atoms with Crippen molar-refractivity contribution < 1.29 is 18.6 Å². The molecule has 0 spiro atoms. The topological polar surface area (TPSA) is 119 Å². The molecule has 0 bridgehead atoms. The quantitative estimate of drug-likeness (QED) is 0.316. The van der Waals surface area contributed by atoms with E-state index < -0.39 is 23.7 Å². The Morgan fingerprint density at radius 2 is 1.98 bits per heavy atom. The number of aliphatic hydroxyl groups is 1. The summed E-state index contributed by atoms with van der Waals surface area (Å²) < 4.78 is 37.2. The van der Waals surface area contributed by atoms with E-state index in [1.54, 1.807) is 0 Å². The van der Waals surface area contributed by atoms with Crippen LogP contribution < -0.4 is 16.4 Å². The van der Waals surface area contributed by atoms with Crippen LogP contribution in [0.15, 0.2) is 45.5 Å². The molecular weight excluding hydrogens is 558 g/mol. The summed E-state index contributed by atoms with van der Waals surface area (Å²) in [6.07, 6.45) is 9.69. The molecule has 4 unspecified atom stereocenters. The van der Waals surface area contributed by atoms with Crippen LogP contribution in [-0.4, -0.2) is 54.4 Å². The number of aliphatic hydroxyl groups excluding tert-OH is 1. The van der Waals surface area contributed by atoms with Crippen LogP contribution in [0.2, 0.25) is 0 Å². The maximum absolute atomic E-state index is 16.7. The number of nitriles is 1. The Balaban J connectivity index is 0.000000830. The fraction of sp³-hybridized carbons (Fsp3) is 0.548. The molecule has 5 heterocycles. The van der Waals surface area contributed by atoms with E-state index in [0.717, 1.165) is 60.3 Å². The first-order valence-corrected chi connectivity index (χ1v) is 15.7. The van der Waals surface area contributed by atoms with Gasteiger partial charge in [0.15, 0.2) is 11.8 Å².